The van der Waals surface area contributed by atoms with Gasteiger partial charge in [0, 0.05) is 33.0 Å². The summed E-state index contributed by atoms with van der Waals surface area (Å²) < 4.78 is 5.03. The smallest absolute Gasteiger partial charge is 0.251 e. The zero-order chi connectivity index (χ0) is 14.0. The van der Waals surface area contributed by atoms with Crippen molar-refractivity contribution in [1.29, 1.82) is 0 Å². The van der Waals surface area contributed by atoms with Crippen molar-refractivity contribution < 1.29 is 19.1 Å². The van der Waals surface area contributed by atoms with Crippen LogP contribution < -0.4 is 5.32 Å². The molecule has 0 aliphatic carbocycles. The topological polar surface area (TPSA) is 75.7 Å². The van der Waals surface area contributed by atoms with E-state index in [4.69, 9.17) is 4.74 Å². The van der Waals surface area contributed by atoms with Gasteiger partial charge < -0.3 is 9.64 Å². The Hall–Kier alpha value is -1.43. The van der Waals surface area contributed by atoms with Crippen molar-refractivity contribution >= 4 is 17.7 Å². The van der Waals surface area contributed by atoms with Crippen LogP contribution in [0.1, 0.15) is 32.6 Å². The van der Waals surface area contributed by atoms with E-state index in [1.54, 1.807) is 11.8 Å². The SMILES string of the molecule is COC(C)C(=O)N1CCC2(CC1)CC(=O)NC(=O)C2. The van der Waals surface area contributed by atoms with Gasteiger partial charge in [-0.15, -0.1) is 0 Å². The Morgan fingerprint density at radius 3 is 2.26 bits per heavy atom. The number of hydrogen-bond acceptors (Lipinski definition) is 4. The highest BCUT2D eigenvalue weighted by molar-refractivity contribution is 5.98. The second-order valence-corrected chi connectivity index (χ2v) is 5.53. The van der Waals surface area contributed by atoms with E-state index < -0.39 is 6.10 Å². The van der Waals surface area contributed by atoms with E-state index in [1.807, 2.05) is 0 Å². The average molecular weight is 268 g/mol. The highest BCUT2D eigenvalue weighted by atomic mass is 16.5. The lowest BCUT2D eigenvalue weighted by molar-refractivity contribution is -0.145. The number of methoxy groups -OCH3 is 1. The summed E-state index contributed by atoms with van der Waals surface area (Å²) in [6, 6.07) is 0. The first-order chi connectivity index (χ1) is 8.96. The van der Waals surface area contributed by atoms with Crippen molar-refractivity contribution in [2.45, 2.75) is 38.7 Å². The summed E-state index contributed by atoms with van der Waals surface area (Å²) in [5.74, 6) is -0.411. The summed E-state index contributed by atoms with van der Waals surface area (Å²) in [7, 11) is 1.51. The molecular formula is C13H20N2O4. The molecule has 2 aliphatic heterocycles. The average Bonchev–Trinajstić information content (AvgIpc) is 2.36. The minimum atomic E-state index is -0.440. The summed E-state index contributed by atoms with van der Waals surface area (Å²) in [4.78, 5) is 36.7. The second kappa shape index (κ2) is 5.28. The number of likely N-dealkylation sites (tertiary alicyclic amines) is 1. The van der Waals surface area contributed by atoms with Crippen molar-refractivity contribution in [2.24, 2.45) is 5.41 Å². The number of rotatable bonds is 2. The molecule has 0 aromatic heterocycles. The summed E-state index contributed by atoms with van der Waals surface area (Å²) in [5, 5.41) is 2.33. The summed E-state index contributed by atoms with van der Waals surface area (Å²) in [6.45, 7) is 2.91. The maximum Gasteiger partial charge on any atom is 0.251 e. The van der Waals surface area contributed by atoms with Crippen molar-refractivity contribution in [3.8, 4) is 0 Å². The molecule has 3 amide bonds. The molecule has 1 N–H and O–H groups in total. The van der Waals surface area contributed by atoms with E-state index in [0.717, 1.165) is 0 Å². The van der Waals surface area contributed by atoms with Gasteiger partial charge in [-0.1, -0.05) is 0 Å². The maximum absolute atomic E-state index is 12.0. The van der Waals surface area contributed by atoms with Gasteiger partial charge in [-0.25, -0.2) is 0 Å². The van der Waals surface area contributed by atoms with Crippen LogP contribution in [0.2, 0.25) is 0 Å². The van der Waals surface area contributed by atoms with Crippen molar-refractivity contribution in [1.82, 2.24) is 10.2 Å². The molecule has 106 valence electrons. The Morgan fingerprint density at radius 1 is 1.26 bits per heavy atom. The Balaban J connectivity index is 1.97. The number of ether oxygens (including phenoxy) is 1. The van der Waals surface area contributed by atoms with E-state index in [1.165, 1.54) is 7.11 Å². The summed E-state index contributed by atoms with van der Waals surface area (Å²) >= 11 is 0. The third kappa shape index (κ3) is 2.94. The van der Waals surface area contributed by atoms with Crippen LogP contribution in [0.4, 0.5) is 0 Å². The van der Waals surface area contributed by atoms with E-state index in [9.17, 15) is 14.4 Å². The molecule has 2 rings (SSSR count). The molecule has 6 heteroatoms. The predicted molar refractivity (Wildman–Crippen MR) is 67.1 cm³/mol. The number of piperidine rings is 2. The van der Waals surface area contributed by atoms with E-state index in [2.05, 4.69) is 5.32 Å². The van der Waals surface area contributed by atoms with Crippen molar-refractivity contribution in [2.75, 3.05) is 20.2 Å². The molecule has 0 bridgehead atoms. The molecule has 19 heavy (non-hydrogen) atoms. The lowest BCUT2D eigenvalue weighted by Gasteiger charge is -2.43. The van der Waals surface area contributed by atoms with Gasteiger partial charge in [0.2, 0.25) is 11.8 Å². The third-order valence-electron chi connectivity index (χ3n) is 4.19. The number of imide groups is 1. The van der Waals surface area contributed by atoms with Crippen LogP contribution in [-0.4, -0.2) is 48.9 Å². The van der Waals surface area contributed by atoms with E-state index in [0.29, 0.717) is 38.8 Å². The van der Waals surface area contributed by atoms with Crippen LogP contribution in [0.15, 0.2) is 0 Å². The number of carbonyl (C=O) groups is 3. The normalized spacial score (nSPS) is 24.2. The van der Waals surface area contributed by atoms with Crippen LogP contribution in [-0.2, 0) is 19.1 Å². The van der Waals surface area contributed by atoms with Gasteiger partial charge in [-0.05, 0) is 25.2 Å². The molecule has 1 spiro atoms. The number of nitrogens with one attached hydrogen (secondary N) is 1. The van der Waals surface area contributed by atoms with Gasteiger partial charge in [-0.2, -0.15) is 0 Å². The zero-order valence-corrected chi connectivity index (χ0v) is 11.4. The first-order valence-electron chi connectivity index (χ1n) is 6.60. The van der Waals surface area contributed by atoms with Crippen molar-refractivity contribution in [3.63, 3.8) is 0 Å². The first kappa shape index (κ1) is 14.0. The van der Waals surface area contributed by atoms with Crippen LogP contribution in [0.5, 0.6) is 0 Å². The molecule has 2 fully saturated rings. The Bertz CT molecular complexity index is 381. The number of carbonyl (C=O) groups excluding carboxylic acids is 3. The molecule has 0 aromatic rings. The lowest BCUT2D eigenvalue weighted by atomic mass is 9.71. The van der Waals surface area contributed by atoms with E-state index in [-0.39, 0.29) is 23.1 Å². The number of nitrogens with zero attached hydrogens (tertiary/aromatic N) is 1. The minimum absolute atomic E-state index is 0.0241. The quantitative estimate of drug-likeness (QED) is 0.719. The molecular weight excluding hydrogens is 248 g/mol. The molecule has 1 unspecified atom stereocenters. The molecule has 0 radical (unpaired) electrons. The highest BCUT2D eigenvalue weighted by Crippen LogP contribution is 2.40. The Kier molecular flexibility index (Phi) is 3.89. The van der Waals surface area contributed by atoms with Gasteiger partial charge in [0.05, 0.1) is 0 Å². The third-order valence-corrected chi connectivity index (χ3v) is 4.19. The molecule has 2 saturated heterocycles. The molecule has 1 atom stereocenters. The molecule has 0 aromatic carbocycles. The van der Waals surface area contributed by atoms with Crippen molar-refractivity contribution in [3.05, 3.63) is 0 Å². The van der Waals surface area contributed by atoms with Gasteiger partial charge in [0.1, 0.15) is 6.10 Å². The summed E-state index contributed by atoms with van der Waals surface area (Å²) in [6.07, 6.45) is 1.74. The van der Waals surface area contributed by atoms with Gasteiger partial charge >= 0.3 is 0 Å². The van der Waals surface area contributed by atoms with E-state index >= 15 is 0 Å². The van der Waals surface area contributed by atoms with Crippen LogP contribution in [0, 0.1) is 5.41 Å². The fourth-order valence-corrected chi connectivity index (χ4v) is 2.90. The maximum atomic E-state index is 12.0. The fraction of sp³-hybridized carbons (Fsp3) is 0.769. The van der Waals surface area contributed by atoms with Crippen LogP contribution in [0.25, 0.3) is 0 Å². The molecule has 0 saturated carbocycles. The highest BCUT2D eigenvalue weighted by Gasteiger charge is 2.42. The standard InChI is InChI=1S/C13H20N2O4/c1-9(19-2)12(18)15-5-3-13(4-6-15)7-10(16)14-11(17)8-13/h9H,3-8H2,1-2H3,(H,14,16,17). The molecule has 2 aliphatic rings. The monoisotopic (exact) mass is 268 g/mol. The minimum Gasteiger partial charge on any atom is -0.372 e. The van der Waals surface area contributed by atoms with Crippen LogP contribution >= 0.6 is 0 Å². The zero-order valence-electron chi connectivity index (χ0n) is 11.4. The second-order valence-electron chi connectivity index (χ2n) is 5.53. The predicted octanol–water partition coefficient (Wildman–Crippen LogP) is 0.0667. The van der Waals surface area contributed by atoms with Gasteiger partial charge in [0.25, 0.3) is 5.91 Å². The van der Waals surface area contributed by atoms with Crippen LogP contribution in [0.3, 0.4) is 0 Å². The Labute approximate surface area is 112 Å². The number of amides is 3. The van der Waals surface area contributed by atoms with Gasteiger partial charge in [-0.3, -0.25) is 19.7 Å². The van der Waals surface area contributed by atoms with Gasteiger partial charge in [0.15, 0.2) is 0 Å². The summed E-state index contributed by atoms with van der Waals surface area (Å²) in [5.41, 5.74) is -0.244. The fourth-order valence-electron chi connectivity index (χ4n) is 2.90. The first-order valence-corrected chi connectivity index (χ1v) is 6.60. The molecule has 2 heterocycles. The largest absolute Gasteiger partial charge is 0.372 e. The number of hydrogen-bond donors (Lipinski definition) is 1. The Morgan fingerprint density at radius 2 is 1.79 bits per heavy atom. The molecule has 6 nitrogen and oxygen atoms in total. The lowest BCUT2D eigenvalue weighted by Crippen LogP contribution is -2.52.